The Labute approximate surface area is 118 Å². The lowest BCUT2D eigenvalue weighted by Crippen LogP contribution is -2.57. The van der Waals surface area contributed by atoms with Crippen LogP contribution in [0.3, 0.4) is 0 Å². The van der Waals surface area contributed by atoms with E-state index in [1.165, 1.54) is 17.5 Å². The summed E-state index contributed by atoms with van der Waals surface area (Å²) in [6, 6.07) is 10.2. The van der Waals surface area contributed by atoms with Crippen LogP contribution in [0.25, 0.3) is 0 Å². The summed E-state index contributed by atoms with van der Waals surface area (Å²) in [5.41, 5.74) is 2.81. The minimum absolute atomic E-state index is 0.602. The van der Waals surface area contributed by atoms with Gasteiger partial charge < -0.3 is 5.32 Å². The van der Waals surface area contributed by atoms with Crippen molar-refractivity contribution in [3.8, 4) is 0 Å². The Kier molecular flexibility index (Phi) is 5.00. The summed E-state index contributed by atoms with van der Waals surface area (Å²) >= 11 is 0. The van der Waals surface area contributed by atoms with Crippen LogP contribution in [-0.4, -0.2) is 30.1 Å². The highest BCUT2D eigenvalue weighted by Crippen LogP contribution is 2.20. The first kappa shape index (κ1) is 14.5. The molecule has 1 aliphatic heterocycles. The van der Waals surface area contributed by atoms with Crippen LogP contribution in [0.1, 0.15) is 38.3 Å². The normalized spacial score (nSPS) is 26.3. The van der Waals surface area contributed by atoms with Gasteiger partial charge in [-0.3, -0.25) is 4.90 Å². The molecular weight excluding hydrogens is 232 g/mol. The number of rotatable bonds is 4. The molecule has 2 rings (SSSR count). The van der Waals surface area contributed by atoms with Gasteiger partial charge in [0.15, 0.2) is 0 Å². The van der Waals surface area contributed by atoms with Gasteiger partial charge in [-0.25, -0.2) is 0 Å². The van der Waals surface area contributed by atoms with Crippen molar-refractivity contribution in [2.24, 2.45) is 5.92 Å². The first-order valence-electron chi connectivity index (χ1n) is 7.63. The van der Waals surface area contributed by atoms with Crippen LogP contribution in [0, 0.1) is 12.8 Å². The maximum absolute atomic E-state index is 3.63. The SMILES string of the molecule is CCC(C)C1CNC(C)CN1Cc1cccc(C)c1. The quantitative estimate of drug-likeness (QED) is 0.894. The average Bonchev–Trinajstić information content (AvgIpc) is 2.38. The first-order chi connectivity index (χ1) is 9.10. The third kappa shape index (κ3) is 3.80. The Morgan fingerprint density at radius 1 is 1.42 bits per heavy atom. The number of benzene rings is 1. The molecule has 1 aliphatic rings. The molecule has 19 heavy (non-hydrogen) atoms. The molecule has 1 saturated heterocycles. The smallest absolute Gasteiger partial charge is 0.0250 e. The van der Waals surface area contributed by atoms with E-state index in [4.69, 9.17) is 0 Å². The lowest BCUT2D eigenvalue weighted by molar-refractivity contribution is 0.0885. The highest BCUT2D eigenvalue weighted by atomic mass is 15.2. The molecule has 0 spiro atoms. The van der Waals surface area contributed by atoms with E-state index in [0.29, 0.717) is 12.1 Å². The van der Waals surface area contributed by atoms with Crippen LogP contribution in [0.15, 0.2) is 24.3 Å². The molecule has 2 nitrogen and oxygen atoms in total. The van der Waals surface area contributed by atoms with Crippen molar-refractivity contribution in [1.82, 2.24) is 10.2 Å². The summed E-state index contributed by atoms with van der Waals surface area (Å²) in [5.74, 6) is 0.754. The Hall–Kier alpha value is -0.860. The lowest BCUT2D eigenvalue weighted by atomic mass is 9.94. The zero-order valence-corrected chi connectivity index (χ0v) is 12.8. The van der Waals surface area contributed by atoms with Gasteiger partial charge >= 0.3 is 0 Å². The average molecular weight is 260 g/mol. The number of nitrogens with zero attached hydrogens (tertiary/aromatic N) is 1. The summed E-state index contributed by atoms with van der Waals surface area (Å²) < 4.78 is 0. The second-order valence-electron chi connectivity index (χ2n) is 6.18. The van der Waals surface area contributed by atoms with Gasteiger partial charge in [0.1, 0.15) is 0 Å². The number of hydrogen-bond acceptors (Lipinski definition) is 2. The summed E-state index contributed by atoms with van der Waals surface area (Å²) in [6.45, 7) is 12.5. The van der Waals surface area contributed by atoms with E-state index >= 15 is 0 Å². The number of nitrogens with one attached hydrogen (secondary N) is 1. The largest absolute Gasteiger partial charge is 0.311 e. The lowest BCUT2D eigenvalue weighted by Gasteiger charge is -2.42. The summed E-state index contributed by atoms with van der Waals surface area (Å²) in [6.07, 6.45) is 1.26. The fraction of sp³-hybridized carbons (Fsp3) is 0.647. The molecule has 106 valence electrons. The molecular formula is C17H28N2. The minimum Gasteiger partial charge on any atom is -0.311 e. The van der Waals surface area contributed by atoms with Crippen molar-refractivity contribution >= 4 is 0 Å². The van der Waals surface area contributed by atoms with Crippen molar-refractivity contribution in [3.63, 3.8) is 0 Å². The number of aryl methyl sites for hydroxylation is 1. The Bertz CT molecular complexity index is 402. The molecule has 1 aromatic carbocycles. The second kappa shape index (κ2) is 6.53. The van der Waals surface area contributed by atoms with Gasteiger partial charge in [0.05, 0.1) is 0 Å². The van der Waals surface area contributed by atoms with Gasteiger partial charge in [-0.2, -0.15) is 0 Å². The van der Waals surface area contributed by atoms with Gasteiger partial charge in [-0.05, 0) is 25.3 Å². The fourth-order valence-electron chi connectivity index (χ4n) is 3.06. The van der Waals surface area contributed by atoms with Crippen molar-refractivity contribution < 1.29 is 0 Å². The van der Waals surface area contributed by atoms with E-state index in [-0.39, 0.29) is 0 Å². The predicted octanol–water partition coefficient (Wildman–Crippen LogP) is 3.20. The van der Waals surface area contributed by atoms with Gasteiger partial charge in [0.2, 0.25) is 0 Å². The van der Waals surface area contributed by atoms with Crippen molar-refractivity contribution in [1.29, 1.82) is 0 Å². The molecule has 1 fully saturated rings. The van der Waals surface area contributed by atoms with E-state index in [2.05, 4.69) is 62.2 Å². The highest BCUT2D eigenvalue weighted by molar-refractivity contribution is 5.22. The Morgan fingerprint density at radius 2 is 2.21 bits per heavy atom. The van der Waals surface area contributed by atoms with Gasteiger partial charge in [-0.15, -0.1) is 0 Å². The van der Waals surface area contributed by atoms with Crippen LogP contribution in [0.2, 0.25) is 0 Å². The topological polar surface area (TPSA) is 15.3 Å². The third-order valence-electron chi connectivity index (χ3n) is 4.42. The van der Waals surface area contributed by atoms with E-state index in [1.807, 2.05) is 0 Å². The molecule has 1 aromatic rings. The Morgan fingerprint density at radius 3 is 2.89 bits per heavy atom. The molecule has 2 heteroatoms. The minimum atomic E-state index is 0.602. The number of hydrogen-bond donors (Lipinski definition) is 1. The maximum Gasteiger partial charge on any atom is 0.0250 e. The van der Waals surface area contributed by atoms with Crippen molar-refractivity contribution in [2.75, 3.05) is 13.1 Å². The van der Waals surface area contributed by atoms with E-state index in [9.17, 15) is 0 Å². The molecule has 3 atom stereocenters. The molecule has 0 aliphatic carbocycles. The summed E-state index contributed by atoms with van der Waals surface area (Å²) in [5, 5.41) is 3.63. The molecule has 0 radical (unpaired) electrons. The van der Waals surface area contributed by atoms with E-state index < -0.39 is 0 Å². The van der Waals surface area contributed by atoms with Gasteiger partial charge in [0, 0.05) is 31.7 Å². The molecule has 1 N–H and O–H groups in total. The second-order valence-corrected chi connectivity index (χ2v) is 6.18. The summed E-state index contributed by atoms with van der Waals surface area (Å²) in [4.78, 5) is 2.67. The monoisotopic (exact) mass is 260 g/mol. The van der Waals surface area contributed by atoms with Crippen LogP contribution >= 0.6 is 0 Å². The maximum atomic E-state index is 3.63. The zero-order valence-electron chi connectivity index (χ0n) is 12.8. The summed E-state index contributed by atoms with van der Waals surface area (Å²) in [7, 11) is 0. The third-order valence-corrected chi connectivity index (χ3v) is 4.42. The van der Waals surface area contributed by atoms with E-state index in [1.54, 1.807) is 0 Å². The standard InChI is InChI=1S/C17H28N2/c1-5-14(3)17-10-18-15(4)11-19(17)12-16-8-6-7-13(2)9-16/h6-9,14-15,17-18H,5,10-12H2,1-4H3. The fourth-order valence-corrected chi connectivity index (χ4v) is 3.06. The highest BCUT2D eigenvalue weighted by Gasteiger charge is 2.28. The number of piperazine rings is 1. The molecule has 0 saturated carbocycles. The van der Waals surface area contributed by atoms with Crippen LogP contribution < -0.4 is 5.32 Å². The predicted molar refractivity (Wildman–Crippen MR) is 82.3 cm³/mol. The van der Waals surface area contributed by atoms with Crippen LogP contribution in [0.5, 0.6) is 0 Å². The van der Waals surface area contributed by atoms with Crippen LogP contribution in [0.4, 0.5) is 0 Å². The first-order valence-corrected chi connectivity index (χ1v) is 7.63. The van der Waals surface area contributed by atoms with Crippen molar-refractivity contribution in [2.45, 2.75) is 52.7 Å². The molecule has 0 bridgehead atoms. The van der Waals surface area contributed by atoms with Crippen molar-refractivity contribution in [3.05, 3.63) is 35.4 Å². The molecule has 1 heterocycles. The van der Waals surface area contributed by atoms with E-state index in [0.717, 1.165) is 25.6 Å². The Balaban J connectivity index is 2.09. The molecule has 3 unspecified atom stereocenters. The molecule has 0 amide bonds. The zero-order chi connectivity index (χ0) is 13.8. The molecule has 0 aromatic heterocycles. The van der Waals surface area contributed by atoms with Crippen LogP contribution in [-0.2, 0) is 6.54 Å². The van der Waals surface area contributed by atoms with Gasteiger partial charge in [-0.1, -0.05) is 50.1 Å². The van der Waals surface area contributed by atoms with Gasteiger partial charge in [0.25, 0.3) is 0 Å².